The number of hydrogen-bond acceptors (Lipinski definition) is 4. The van der Waals surface area contributed by atoms with Gasteiger partial charge in [-0.05, 0) is 104 Å². The van der Waals surface area contributed by atoms with Crippen molar-refractivity contribution >= 4 is 34.6 Å². The van der Waals surface area contributed by atoms with Crippen molar-refractivity contribution in [2.45, 2.75) is 32.1 Å². The molecule has 3 aromatic carbocycles. The Morgan fingerprint density at radius 1 is 0.935 bits per heavy atom. The van der Waals surface area contributed by atoms with E-state index in [1.165, 1.54) is 6.07 Å². The predicted molar refractivity (Wildman–Crippen MR) is 175 cm³/mol. The van der Waals surface area contributed by atoms with E-state index in [2.05, 4.69) is 15.6 Å². The van der Waals surface area contributed by atoms with E-state index in [1.54, 1.807) is 36.5 Å². The van der Waals surface area contributed by atoms with Crippen LogP contribution >= 0.6 is 12.2 Å². The lowest BCUT2D eigenvalue weighted by Gasteiger charge is -2.28. The summed E-state index contributed by atoms with van der Waals surface area (Å²) in [7, 11) is 0. The first kappa shape index (κ1) is 30.8. The van der Waals surface area contributed by atoms with Gasteiger partial charge in [-0.1, -0.05) is 30.3 Å². The maximum atomic E-state index is 13.6. The molecule has 1 saturated heterocycles. The zero-order valence-electron chi connectivity index (χ0n) is 25.0. The van der Waals surface area contributed by atoms with Gasteiger partial charge < -0.3 is 24.8 Å². The van der Waals surface area contributed by atoms with Crippen LogP contribution in [-0.4, -0.2) is 27.2 Å². The summed E-state index contributed by atoms with van der Waals surface area (Å²) < 4.78 is 48.1. The molecule has 1 amide bonds. The largest absolute Gasteiger partial charge is 0.484 e. The summed E-state index contributed by atoms with van der Waals surface area (Å²) in [6.07, 6.45) is -2.75. The van der Waals surface area contributed by atoms with E-state index in [-0.39, 0.29) is 24.6 Å². The number of benzene rings is 3. The molecule has 1 aliphatic rings. The van der Waals surface area contributed by atoms with E-state index in [1.807, 2.05) is 77.9 Å². The van der Waals surface area contributed by atoms with Crippen molar-refractivity contribution in [1.82, 2.24) is 14.9 Å². The van der Waals surface area contributed by atoms with Crippen LogP contribution in [0.25, 0.3) is 5.69 Å². The molecule has 46 heavy (non-hydrogen) atoms. The zero-order chi connectivity index (χ0) is 32.4. The number of amides is 1. The van der Waals surface area contributed by atoms with Crippen molar-refractivity contribution in [3.05, 3.63) is 138 Å². The van der Waals surface area contributed by atoms with Gasteiger partial charge in [0.1, 0.15) is 5.75 Å². The summed E-state index contributed by atoms with van der Waals surface area (Å²) in [5.74, 6) is 0.300. The van der Waals surface area contributed by atoms with Crippen LogP contribution in [-0.2, 0) is 11.0 Å². The maximum absolute atomic E-state index is 13.6. The molecule has 1 fully saturated rings. The van der Waals surface area contributed by atoms with E-state index < -0.39 is 11.7 Å². The van der Waals surface area contributed by atoms with Gasteiger partial charge in [-0.25, -0.2) is 0 Å². The second-order valence-electron chi connectivity index (χ2n) is 10.9. The smallest absolute Gasteiger partial charge is 0.416 e. The first-order valence-corrected chi connectivity index (χ1v) is 15.0. The number of alkyl halides is 3. The lowest BCUT2D eigenvalue weighted by Crippen LogP contribution is -2.29. The molecular formula is C35H30F3N5O2S. The molecule has 0 aliphatic carbocycles. The van der Waals surface area contributed by atoms with E-state index in [0.29, 0.717) is 22.2 Å². The summed E-state index contributed by atoms with van der Waals surface area (Å²) >= 11 is 5.86. The number of aryl methyl sites for hydroxylation is 1. The van der Waals surface area contributed by atoms with Gasteiger partial charge in [-0.15, -0.1) is 0 Å². The van der Waals surface area contributed by atoms with Crippen LogP contribution in [0.1, 0.15) is 40.3 Å². The Kier molecular flexibility index (Phi) is 8.50. The van der Waals surface area contributed by atoms with Crippen LogP contribution in [0, 0.1) is 13.8 Å². The van der Waals surface area contributed by atoms with E-state index in [9.17, 15) is 18.0 Å². The third kappa shape index (κ3) is 6.32. The van der Waals surface area contributed by atoms with Crippen molar-refractivity contribution in [3.8, 4) is 11.4 Å². The second-order valence-corrected chi connectivity index (χ2v) is 11.3. The number of nitrogens with zero attached hydrogens (tertiary/aromatic N) is 3. The van der Waals surface area contributed by atoms with E-state index in [0.717, 1.165) is 40.5 Å². The van der Waals surface area contributed by atoms with Gasteiger partial charge in [0.2, 0.25) is 0 Å². The number of ether oxygens (including phenoxy) is 1. The van der Waals surface area contributed by atoms with Crippen LogP contribution in [0.15, 0.2) is 109 Å². The number of anilines is 2. The van der Waals surface area contributed by atoms with Crippen molar-refractivity contribution in [2.75, 3.05) is 16.8 Å². The van der Waals surface area contributed by atoms with Gasteiger partial charge in [0, 0.05) is 34.6 Å². The fourth-order valence-electron chi connectivity index (χ4n) is 5.82. The molecule has 0 unspecified atom stereocenters. The highest BCUT2D eigenvalue weighted by Gasteiger charge is 2.42. The number of pyridine rings is 1. The molecule has 2 aromatic heterocycles. The quantitative estimate of drug-likeness (QED) is 0.169. The topological polar surface area (TPSA) is 71.4 Å². The second kappa shape index (κ2) is 12.7. The fourth-order valence-corrected chi connectivity index (χ4v) is 6.17. The molecule has 2 atom stereocenters. The molecular weight excluding hydrogens is 611 g/mol. The molecule has 2 N–H and O–H groups in total. The average molecular weight is 642 g/mol. The number of hydrogen-bond donors (Lipinski definition) is 2. The summed E-state index contributed by atoms with van der Waals surface area (Å²) in [6, 6.07) is 28.6. The van der Waals surface area contributed by atoms with Crippen molar-refractivity contribution < 1.29 is 22.7 Å². The Balaban J connectivity index is 1.32. The first-order chi connectivity index (χ1) is 22.1. The van der Waals surface area contributed by atoms with Gasteiger partial charge in [0.25, 0.3) is 5.91 Å². The number of nitrogens with one attached hydrogen (secondary N) is 2. The lowest BCUT2D eigenvalue weighted by atomic mass is 9.96. The SMILES string of the molecule is Cc1cc([C@@H]2[C@@H](c3ccccn3)NC(=S)N2c2ccc(NC(=O)COc3ccccc3)cc2)c(C)n1-c1cccc(C(F)(F)F)c1. The van der Waals surface area contributed by atoms with E-state index in [4.69, 9.17) is 17.0 Å². The normalized spacial score (nSPS) is 16.3. The minimum Gasteiger partial charge on any atom is -0.484 e. The van der Waals surface area contributed by atoms with Gasteiger partial charge in [-0.3, -0.25) is 9.78 Å². The van der Waals surface area contributed by atoms with Crippen molar-refractivity contribution in [2.24, 2.45) is 0 Å². The number of para-hydroxylation sites is 1. The summed E-state index contributed by atoms with van der Waals surface area (Å²) in [5.41, 5.74) is 4.27. The van der Waals surface area contributed by atoms with Crippen LogP contribution in [0.3, 0.4) is 0 Å². The lowest BCUT2D eigenvalue weighted by molar-refractivity contribution is -0.137. The van der Waals surface area contributed by atoms with Gasteiger partial charge >= 0.3 is 6.18 Å². The number of halogens is 3. The zero-order valence-corrected chi connectivity index (χ0v) is 25.8. The Bertz CT molecular complexity index is 1860. The molecule has 234 valence electrons. The first-order valence-electron chi connectivity index (χ1n) is 14.5. The number of rotatable bonds is 8. The minimum absolute atomic E-state index is 0.138. The molecule has 0 bridgehead atoms. The molecule has 6 rings (SSSR count). The predicted octanol–water partition coefficient (Wildman–Crippen LogP) is 7.70. The molecule has 0 saturated carbocycles. The third-order valence-corrected chi connectivity index (χ3v) is 8.18. The van der Waals surface area contributed by atoms with Gasteiger partial charge in [0.15, 0.2) is 11.7 Å². The molecule has 5 aromatic rings. The summed E-state index contributed by atoms with van der Waals surface area (Å²) in [5, 5.41) is 6.74. The highest BCUT2D eigenvalue weighted by atomic mass is 32.1. The number of carbonyl (C=O) groups excluding carboxylic acids is 1. The highest BCUT2D eigenvalue weighted by molar-refractivity contribution is 7.80. The summed E-state index contributed by atoms with van der Waals surface area (Å²) in [4.78, 5) is 19.1. The van der Waals surface area contributed by atoms with Gasteiger partial charge in [0.05, 0.1) is 23.3 Å². The van der Waals surface area contributed by atoms with Crippen LogP contribution in [0.4, 0.5) is 24.5 Å². The fraction of sp³-hybridized carbons (Fsp3) is 0.171. The van der Waals surface area contributed by atoms with E-state index >= 15 is 0 Å². The van der Waals surface area contributed by atoms with Gasteiger partial charge in [-0.2, -0.15) is 13.2 Å². The average Bonchev–Trinajstić information content (AvgIpc) is 3.55. The Morgan fingerprint density at radius 2 is 1.67 bits per heavy atom. The van der Waals surface area contributed by atoms with Crippen molar-refractivity contribution in [1.29, 1.82) is 0 Å². The molecule has 3 heterocycles. The molecule has 1 aliphatic heterocycles. The third-order valence-electron chi connectivity index (χ3n) is 7.86. The van der Waals surface area contributed by atoms with Crippen molar-refractivity contribution in [3.63, 3.8) is 0 Å². The monoisotopic (exact) mass is 641 g/mol. The minimum atomic E-state index is -4.46. The standard InChI is InChI=1S/C35H30F3N5O2S/c1-22-19-29(23(2)42(22)27-10-8-9-24(20-27)35(36,37)38)33-32(30-13-6-7-18-39-30)41-34(46)43(33)26-16-14-25(15-17-26)40-31(44)21-45-28-11-4-3-5-12-28/h3-20,32-33H,21H2,1-2H3,(H,40,44)(H,41,46)/t32-,33-/m1/s1. The Morgan fingerprint density at radius 3 is 2.37 bits per heavy atom. The number of thiocarbonyl (C=S) groups is 1. The number of carbonyl (C=O) groups is 1. The maximum Gasteiger partial charge on any atom is 0.416 e. The molecule has 0 spiro atoms. The van der Waals surface area contributed by atoms with Crippen LogP contribution in [0.5, 0.6) is 5.75 Å². The summed E-state index contributed by atoms with van der Waals surface area (Å²) in [6.45, 7) is 3.63. The molecule has 11 heteroatoms. The molecule has 7 nitrogen and oxygen atoms in total. The van der Waals surface area contributed by atoms with Crippen LogP contribution < -0.4 is 20.3 Å². The van der Waals surface area contributed by atoms with Crippen LogP contribution in [0.2, 0.25) is 0 Å². The number of aromatic nitrogens is 2. The molecule has 0 radical (unpaired) electrons. The Hall–Kier alpha value is -5.16. The highest BCUT2D eigenvalue weighted by Crippen LogP contribution is 2.44. The Labute approximate surface area is 269 Å².